The number of hydrogen-bond acceptors (Lipinski definition) is 2. The Morgan fingerprint density at radius 3 is 2.65 bits per heavy atom. The van der Waals surface area contributed by atoms with E-state index in [1.54, 1.807) is 0 Å². The quantitative estimate of drug-likeness (QED) is 0.829. The van der Waals surface area contributed by atoms with Gasteiger partial charge in [-0.05, 0) is 49.9 Å². The summed E-state index contributed by atoms with van der Waals surface area (Å²) in [6.07, 6.45) is 4.31. The molecule has 3 heteroatoms. The van der Waals surface area contributed by atoms with Gasteiger partial charge in [0.15, 0.2) is 0 Å². The van der Waals surface area contributed by atoms with Gasteiger partial charge in [-0.25, -0.2) is 0 Å². The van der Waals surface area contributed by atoms with E-state index in [2.05, 4.69) is 48.3 Å². The van der Waals surface area contributed by atoms with Crippen molar-refractivity contribution < 1.29 is 4.79 Å². The number of carbonyl (C=O) groups excluding carboxylic acids is 1. The van der Waals surface area contributed by atoms with E-state index in [4.69, 9.17) is 0 Å². The van der Waals surface area contributed by atoms with Gasteiger partial charge < -0.3 is 5.32 Å². The van der Waals surface area contributed by atoms with Crippen LogP contribution >= 0.6 is 0 Å². The zero-order valence-electron chi connectivity index (χ0n) is 12.7. The molecule has 1 N–H and O–H groups in total. The fourth-order valence-electron chi connectivity index (χ4n) is 3.05. The SMILES string of the molecule is CCCN(CCC)CC(=O)N[C@H]1CCc2ccccc21. The molecule has 1 aliphatic carbocycles. The molecule has 0 spiro atoms. The van der Waals surface area contributed by atoms with E-state index in [0.717, 1.165) is 38.8 Å². The maximum Gasteiger partial charge on any atom is 0.234 e. The van der Waals surface area contributed by atoms with Gasteiger partial charge in [0.2, 0.25) is 5.91 Å². The second-order valence-electron chi connectivity index (χ2n) is 5.63. The van der Waals surface area contributed by atoms with Crippen LogP contribution in [0.3, 0.4) is 0 Å². The normalized spacial score (nSPS) is 17.2. The van der Waals surface area contributed by atoms with E-state index in [-0.39, 0.29) is 11.9 Å². The van der Waals surface area contributed by atoms with E-state index in [1.807, 2.05) is 0 Å². The van der Waals surface area contributed by atoms with Crippen molar-refractivity contribution in [3.8, 4) is 0 Å². The number of amides is 1. The van der Waals surface area contributed by atoms with Crippen LogP contribution in [0.2, 0.25) is 0 Å². The lowest BCUT2D eigenvalue weighted by Crippen LogP contribution is -2.39. The first-order chi connectivity index (χ1) is 9.74. The van der Waals surface area contributed by atoms with E-state index in [0.29, 0.717) is 6.54 Å². The van der Waals surface area contributed by atoms with Gasteiger partial charge in [0, 0.05) is 0 Å². The second kappa shape index (κ2) is 7.44. The van der Waals surface area contributed by atoms with Gasteiger partial charge in [0.1, 0.15) is 0 Å². The van der Waals surface area contributed by atoms with Crippen molar-refractivity contribution in [2.24, 2.45) is 0 Å². The average Bonchev–Trinajstić information content (AvgIpc) is 2.83. The number of benzene rings is 1. The largest absolute Gasteiger partial charge is 0.348 e. The van der Waals surface area contributed by atoms with Crippen LogP contribution in [-0.4, -0.2) is 30.4 Å². The molecule has 1 aromatic rings. The summed E-state index contributed by atoms with van der Waals surface area (Å²) in [5, 5.41) is 3.20. The van der Waals surface area contributed by atoms with Crippen LogP contribution in [0, 0.1) is 0 Å². The van der Waals surface area contributed by atoms with E-state index < -0.39 is 0 Å². The molecule has 1 aliphatic rings. The van der Waals surface area contributed by atoms with Gasteiger partial charge in [-0.3, -0.25) is 9.69 Å². The van der Waals surface area contributed by atoms with Gasteiger partial charge in [0.25, 0.3) is 0 Å². The average molecular weight is 274 g/mol. The molecule has 1 aromatic carbocycles. The van der Waals surface area contributed by atoms with E-state index in [1.165, 1.54) is 11.1 Å². The Labute approximate surface area is 122 Å². The molecule has 0 fully saturated rings. The Balaban J connectivity index is 1.89. The lowest BCUT2D eigenvalue weighted by Gasteiger charge is -2.22. The Kier molecular flexibility index (Phi) is 5.60. The molecule has 0 saturated heterocycles. The monoisotopic (exact) mass is 274 g/mol. The van der Waals surface area contributed by atoms with Crippen molar-refractivity contribution in [1.82, 2.24) is 10.2 Å². The summed E-state index contributed by atoms with van der Waals surface area (Å²) in [6, 6.07) is 8.66. The zero-order chi connectivity index (χ0) is 14.4. The van der Waals surface area contributed by atoms with Crippen LogP contribution < -0.4 is 5.32 Å². The standard InChI is InChI=1S/C17H26N2O/c1-3-11-19(12-4-2)13-17(20)18-16-10-9-14-7-5-6-8-15(14)16/h5-8,16H,3-4,9-13H2,1-2H3,(H,18,20)/t16-/m0/s1. The topological polar surface area (TPSA) is 32.3 Å². The number of hydrogen-bond donors (Lipinski definition) is 1. The van der Waals surface area contributed by atoms with Crippen molar-refractivity contribution >= 4 is 5.91 Å². The van der Waals surface area contributed by atoms with Gasteiger partial charge >= 0.3 is 0 Å². The fraction of sp³-hybridized carbons (Fsp3) is 0.588. The maximum atomic E-state index is 12.2. The van der Waals surface area contributed by atoms with Gasteiger partial charge in [-0.15, -0.1) is 0 Å². The molecule has 20 heavy (non-hydrogen) atoms. The Morgan fingerprint density at radius 2 is 1.95 bits per heavy atom. The van der Waals surface area contributed by atoms with Crippen LogP contribution in [0.1, 0.15) is 50.3 Å². The van der Waals surface area contributed by atoms with Crippen molar-refractivity contribution in [3.05, 3.63) is 35.4 Å². The summed E-state index contributed by atoms with van der Waals surface area (Å²) in [7, 11) is 0. The third-order valence-corrected chi connectivity index (χ3v) is 3.91. The van der Waals surface area contributed by atoms with Crippen LogP contribution in [-0.2, 0) is 11.2 Å². The second-order valence-corrected chi connectivity index (χ2v) is 5.63. The molecular formula is C17H26N2O. The number of rotatable bonds is 7. The first-order valence-electron chi connectivity index (χ1n) is 7.84. The third kappa shape index (κ3) is 3.83. The summed E-state index contributed by atoms with van der Waals surface area (Å²) < 4.78 is 0. The number of nitrogens with zero attached hydrogens (tertiary/aromatic N) is 1. The predicted octanol–water partition coefficient (Wildman–Crippen LogP) is 2.91. The van der Waals surface area contributed by atoms with E-state index >= 15 is 0 Å². The van der Waals surface area contributed by atoms with Crippen molar-refractivity contribution in [2.75, 3.05) is 19.6 Å². The first-order valence-corrected chi connectivity index (χ1v) is 7.84. The van der Waals surface area contributed by atoms with Crippen LogP contribution in [0.15, 0.2) is 24.3 Å². The molecule has 2 rings (SSSR count). The summed E-state index contributed by atoms with van der Waals surface area (Å²) in [5.74, 6) is 0.161. The highest BCUT2D eigenvalue weighted by atomic mass is 16.2. The summed E-state index contributed by atoms with van der Waals surface area (Å²) in [4.78, 5) is 14.5. The Hall–Kier alpha value is -1.35. The molecule has 110 valence electrons. The summed E-state index contributed by atoms with van der Waals surface area (Å²) in [5.41, 5.74) is 2.69. The fourth-order valence-corrected chi connectivity index (χ4v) is 3.05. The van der Waals surface area contributed by atoms with Crippen LogP contribution in [0.4, 0.5) is 0 Å². The van der Waals surface area contributed by atoms with Crippen LogP contribution in [0.5, 0.6) is 0 Å². The van der Waals surface area contributed by atoms with Gasteiger partial charge in [0.05, 0.1) is 12.6 Å². The highest BCUT2D eigenvalue weighted by molar-refractivity contribution is 5.78. The van der Waals surface area contributed by atoms with Crippen molar-refractivity contribution in [1.29, 1.82) is 0 Å². The number of fused-ring (bicyclic) bond motifs is 1. The molecule has 0 aliphatic heterocycles. The lowest BCUT2D eigenvalue weighted by molar-refractivity contribution is -0.123. The number of carbonyl (C=O) groups is 1. The molecule has 0 unspecified atom stereocenters. The minimum Gasteiger partial charge on any atom is -0.348 e. The van der Waals surface area contributed by atoms with E-state index in [9.17, 15) is 4.79 Å². The highest BCUT2D eigenvalue weighted by Crippen LogP contribution is 2.30. The first kappa shape index (κ1) is 15.0. The zero-order valence-corrected chi connectivity index (χ0v) is 12.7. The smallest absolute Gasteiger partial charge is 0.234 e. The molecule has 0 radical (unpaired) electrons. The molecule has 1 atom stereocenters. The minimum absolute atomic E-state index is 0.161. The Morgan fingerprint density at radius 1 is 1.25 bits per heavy atom. The molecule has 1 amide bonds. The lowest BCUT2D eigenvalue weighted by atomic mass is 10.1. The molecule has 0 heterocycles. The number of aryl methyl sites for hydroxylation is 1. The van der Waals surface area contributed by atoms with Crippen LogP contribution in [0.25, 0.3) is 0 Å². The Bertz CT molecular complexity index is 438. The number of nitrogens with one attached hydrogen (secondary N) is 1. The molecule has 0 saturated carbocycles. The molecular weight excluding hydrogens is 248 g/mol. The predicted molar refractivity (Wildman–Crippen MR) is 82.7 cm³/mol. The highest BCUT2D eigenvalue weighted by Gasteiger charge is 2.23. The van der Waals surface area contributed by atoms with Gasteiger partial charge in [-0.1, -0.05) is 38.1 Å². The summed E-state index contributed by atoms with van der Waals surface area (Å²) >= 11 is 0. The minimum atomic E-state index is 0.161. The van der Waals surface area contributed by atoms with Gasteiger partial charge in [-0.2, -0.15) is 0 Å². The maximum absolute atomic E-state index is 12.2. The molecule has 0 aromatic heterocycles. The van der Waals surface area contributed by atoms with Crippen molar-refractivity contribution in [2.45, 2.75) is 45.6 Å². The third-order valence-electron chi connectivity index (χ3n) is 3.91. The summed E-state index contributed by atoms with van der Waals surface area (Å²) in [6.45, 7) is 6.85. The molecule has 3 nitrogen and oxygen atoms in total. The molecule has 0 bridgehead atoms. The van der Waals surface area contributed by atoms with Crippen molar-refractivity contribution in [3.63, 3.8) is 0 Å².